The summed E-state index contributed by atoms with van der Waals surface area (Å²) in [6.07, 6.45) is 0. The van der Waals surface area contributed by atoms with Crippen molar-refractivity contribution in [3.05, 3.63) is 40.9 Å². The zero-order valence-electron chi connectivity index (χ0n) is 16.7. The molecule has 156 valence electrons. The second-order valence-corrected chi connectivity index (χ2v) is 8.92. The van der Waals surface area contributed by atoms with Gasteiger partial charge in [-0.05, 0) is 36.6 Å². The minimum absolute atomic E-state index is 0.245. The zero-order valence-corrected chi connectivity index (χ0v) is 18.3. The van der Waals surface area contributed by atoms with Crippen molar-refractivity contribution in [2.75, 3.05) is 30.3 Å². The van der Waals surface area contributed by atoms with Crippen molar-refractivity contribution >= 4 is 32.7 Å². The van der Waals surface area contributed by atoms with Crippen LogP contribution in [0.15, 0.2) is 44.4 Å². The number of thiophene rings is 1. The van der Waals surface area contributed by atoms with Crippen molar-refractivity contribution < 1.29 is 12.9 Å². The molecule has 1 aromatic carbocycles. The molecule has 8 nitrogen and oxygen atoms in total. The first-order chi connectivity index (χ1) is 14.0. The molecular weight excluding hydrogens is 410 g/mol. The number of anilines is 2. The lowest BCUT2D eigenvalue weighted by molar-refractivity contribution is 0.384. The molecule has 2 heterocycles. The fourth-order valence-electron chi connectivity index (χ4n) is 2.89. The van der Waals surface area contributed by atoms with Gasteiger partial charge in [0.15, 0.2) is 0 Å². The highest BCUT2D eigenvalue weighted by atomic mass is 32.2. The minimum atomic E-state index is -3.55. The quantitative estimate of drug-likeness (QED) is 0.498. The summed E-state index contributed by atoms with van der Waals surface area (Å²) in [4.78, 5) is 4.63. The van der Waals surface area contributed by atoms with Crippen molar-refractivity contribution in [3.8, 4) is 11.4 Å². The van der Waals surface area contributed by atoms with E-state index in [1.54, 1.807) is 29.5 Å². The van der Waals surface area contributed by atoms with Gasteiger partial charge in [0.1, 0.15) is 0 Å². The Kier molecular flexibility index (Phi) is 6.88. The first-order valence-electron chi connectivity index (χ1n) is 9.46. The topological polar surface area (TPSA) is 100 Å². The fraction of sp³-hybridized carbons (Fsp3) is 0.368. The number of nitrogens with one attached hydrogen (secondary N) is 2. The molecule has 29 heavy (non-hydrogen) atoms. The van der Waals surface area contributed by atoms with Crippen molar-refractivity contribution in [1.82, 2.24) is 14.4 Å². The molecule has 10 heteroatoms. The van der Waals surface area contributed by atoms with Crippen LogP contribution in [0.5, 0.6) is 0 Å². The Labute approximate surface area is 175 Å². The van der Waals surface area contributed by atoms with E-state index in [0.717, 1.165) is 11.3 Å². The number of hydrogen-bond donors (Lipinski definition) is 2. The first kappa shape index (κ1) is 21.3. The number of hydrogen-bond acceptors (Lipinski definition) is 8. The molecular formula is C19H25N5O3S2. The minimum Gasteiger partial charge on any atom is -0.384 e. The summed E-state index contributed by atoms with van der Waals surface area (Å²) >= 11 is 1.56. The van der Waals surface area contributed by atoms with Gasteiger partial charge in [-0.25, -0.2) is 8.42 Å². The maximum absolute atomic E-state index is 12.9. The lowest BCUT2D eigenvalue weighted by Crippen LogP contribution is -2.30. The van der Waals surface area contributed by atoms with Crippen molar-refractivity contribution in [1.29, 1.82) is 0 Å². The lowest BCUT2D eigenvalue weighted by Gasteiger charge is -2.20. The van der Waals surface area contributed by atoms with Gasteiger partial charge < -0.3 is 15.2 Å². The van der Waals surface area contributed by atoms with Gasteiger partial charge >= 0.3 is 0 Å². The van der Waals surface area contributed by atoms with E-state index in [1.807, 2.05) is 37.6 Å². The second kappa shape index (κ2) is 9.38. The van der Waals surface area contributed by atoms with Crippen LogP contribution in [0.25, 0.3) is 11.4 Å². The maximum Gasteiger partial charge on any atom is 0.246 e. The largest absolute Gasteiger partial charge is 0.384 e. The Hall–Kier alpha value is -2.43. The van der Waals surface area contributed by atoms with Gasteiger partial charge in [0, 0.05) is 30.6 Å². The highest BCUT2D eigenvalue weighted by molar-refractivity contribution is 7.89. The number of aromatic nitrogens is 2. The molecule has 0 atom stereocenters. The van der Waals surface area contributed by atoms with E-state index in [-0.39, 0.29) is 11.4 Å². The van der Waals surface area contributed by atoms with Crippen LogP contribution in [0.2, 0.25) is 0 Å². The van der Waals surface area contributed by atoms with Gasteiger partial charge in [0.2, 0.25) is 21.7 Å². The summed E-state index contributed by atoms with van der Waals surface area (Å²) in [7, 11) is -3.55. The van der Waals surface area contributed by atoms with E-state index >= 15 is 0 Å². The molecule has 0 aliphatic heterocycles. The fourth-order valence-corrected chi connectivity index (χ4v) is 5.01. The lowest BCUT2D eigenvalue weighted by atomic mass is 10.2. The smallest absolute Gasteiger partial charge is 0.246 e. The molecule has 0 saturated carbocycles. The van der Waals surface area contributed by atoms with Crippen molar-refractivity contribution in [2.45, 2.75) is 32.2 Å². The molecule has 0 spiro atoms. The monoisotopic (exact) mass is 435 g/mol. The average molecular weight is 436 g/mol. The number of sulfonamides is 1. The number of nitrogens with zero attached hydrogens (tertiary/aromatic N) is 3. The van der Waals surface area contributed by atoms with E-state index in [2.05, 4.69) is 20.8 Å². The van der Waals surface area contributed by atoms with Crippen LogP contribution in [0.3, 0.4) is 0 Å². The standard InChI is InChI=1S/C19H25N5O3S2/c1-4-20-16-8-7-15(29(25,26)24(5-2)6-3)11-17(16)21-12-18-22-19(23-27-18)14-9-10-28-13-14/h7-11,13,20-21H,4-6,12H2,1-3H3. The van der Waals surface area contributed by atoms with Crippen molar-refractivity contribution in [2.24, 2.45) is 0 Å². The molecule has 0 saturated heterocycles. The van der Waals surface area contributed by atoms with Gasteiger partial charge in [-0.1, -0.05) is 19.0 Å². The molecule has 0 fully saturated rings. The van der Waals surface area contributed by atoms with E-state index in [0.29, 0.717) is 37.0 Å². The van der Waals surface area contributed by atoms with Gasteiger partial charge in [-0.3, -0.25) is 0 Å². The van der Waals surface area contributed by atoms with Crippen molar-refractivity contribution in [3.63, 3.8) is 0 Å². The number of rotatable bonds is 10. The molecule has 2 aromatic heterocycles. The molecule has 2 N–H and O–H groups in total. The number of benzene rings is 1. The summed E-state index contributed by atoms with van der Waals surface area (Å²) in [6, 6.07) is 6.96. The molecule has 0 unspecified atom stereocenters. The summed E-state index contributed by atoms with van der Waals surface area (Å²) < 4.78 is 32.5. The van der Waals surface area contributed by atoms with Gasteiger partial charge in [0.05, 0.1) is 22.8 Å². The van der Waals surface area contributed by atoms with E-state index in [9.17, 15) is 8.42 Å². The average Bonchev–Trinajstić information content (AvgIpc) is 3.40. The third-order valence-corrected chi connectivity index (χ3v) is 7.11. The Morgan fingerprint density at radius 3 is 2.55 bits per heavy atom. The van der Waals surface area contributed by atoms with Crippen LogP contribution >= 0.6 is 11.3 Å². The molecule has 0 aliphatic rings. The third kappa shape index (κ3) is 4.77. The molecule has 0 radical (unpaired) electrons. The Morgan fingerprint density at radius 2 is 1.90 bits per heavy atom. The van der Waals surface area contributed by atoms with Crippen LogP contribution in [0.4, 0.5) is 11.4 Å². The molecule has 0 aliphatic carbocycles. The summed E-state index contributed by atoms with van der Waals surface area (Å²) in [5.74, 6) is 0.957. The van der Waals surface area contributed by atoms with E-state index < -0.39 is 10.0 Å². The predicted octanol–water partition coefficient (Wildman–Crippen LogP) is 3.87. The molecule has 0 bridgehead atoms. The zero-order chi connectivity index (χ0) is 20.9. The summed E-state index contributed by atoms with van der Waals surface area (Å²) in [5.41, 5.74) is 2.38. The molecule has 0 amide bonds. The van der Waals surface area contributed by atoms with Gasteiger partial charge in [0.25, 0.3) is 0 Å². The Bertz CT molecular complexity index is 1030. The molecule has 3 rings (SSSR count). The van der Waals surface area contributed by atoms with E-state index in [1.165, 1.54) is 4.31 Å². The van der Waals surface area contributed by atoms with Crippen LogP contribution in [0, 0.1) is 0 Å². The summed E-state index contributed by atoms with van der Waals surface area (Å²) in [5, 5.41) is 14.4. The summed E-state index contributed by atoms with van der Waals surface area (Å²) in [6.45, 7) is 7.47. The highest BCUT2D eigenvalue weighted by Crippen LogP contribution is 2.28. The highest BCUT2D eigenvalue weighted by Gasteiger charge is 2.22. The van der Waals surface area contributed by atoms with Crippen LogP contribution < -0.4 is 10.6 Å². The predicted molar refractivity (Wildman–Crippen MR) is 116 cm³/mol. The van der Waals surface area contributed by atoms with Crippen LogP contribution in [-0.4, -0.2) is 42.5 Å². The Balaban J connectivity index is 1.83. The van der Waals surface area contributed by atoms with Gasteiger partial charge in [-0.2, -0.15) is 20.6 Å². The normalized spacial score (nSPS) is 11.7. The van der Waals surface area contributed by atoms with Crippen LogP contribution in [-0.2, 0) is 16.6 Å². The second-order valence-electron chi connectivity index (χ2n) is 6.20. The van der Waals surface area contributed by atoms with Crippen LogP contribution in [0.1, 0.15) is 26.7 Å². The van der Waals surface area contributed by atoms with Gasteiger partial charge in [-0.15, -0.1) is 0 Å². The third-order valence-electron chi connectivity index (χ3n) is 4.38. The van der Waals surface area contributed by atoms with E-state index in [4.69, 9.17) is 4.52 Å². The molecule has 3 aromatic rings. The Morgan fingerprint density at radius 1 is 1.10 bits per heavy atom. The maximum atomic E-state index is 12.9. The SMILES string of the molecule is CCNc1ccc(S(=O)(=O)N(CC)CC)cc1NCc1nc(-c2ccsc2)no1. The first-order valence-corrected chi connectivity index (χ1v) is 11.8.